The first-order valence-corrected chi connectivity index (χ1v) is 3.81. The van der Waals surface area contributed by atoms with Crippen LogP contribution >= 0.6 is 0 Å². The zero-order valence-electron chi connectivity index (χ0n) is 7.05. The summed E-state index contributed by atoms with van der Waals surface area (Å²) in [6.45, 7) is -0.936. The fourth-order valence-corrected chi connectivity index (χ4v) is 0.895. The van der Waals surface area contributed by atoms with Crippen LogP contribution in [-0.4, -0.2) is 11.7 Å². The third-order valence-corrected chi connectivity index (χ3v) is 1.61. The van der Waals surface area contributed by atoms with Crippen LogP contribution in [0.5, 0.6) is 0 Å². The summed E-state index contributed by atoms with van der Waals surface area (Å²) in [5.74, 6) is 0. The van der Waals surface area contributed by atoms with Crippen LogP contribution in [0.15, 0.2) is 18.2 Å². The van der Waals surface area contributed by atoms with E-state index in [4.69, 9.17) is 5.73 Å². The summed E-state index contributed by atoms with van der Waals surface area (Å²) in [4.78, 5) is 3.22. The molecule has 0 aliphatic carbocycles. The largest absolute Gasteiger partial charge is 0.433 e. The molecule has 1 aromatic rings. The Hall–Kier alpha value is -1.17. The van der Waals surface area contributed by atoms with E-state index < -0.39 is 24.6 Å². The Labute approximate surface area is 77.7 Å². The van der Waals surface area contributed by atoms with Crippen molar-refractivity contribution in [2.45, 2.75) is 12.2 Å². The van der Waals surface area contributed by atoms with Crippen molar-refractivity contribution in [3.8, 4) is 0 Å². The molecule has 0 bridgehead atoms. The molecule has 0 radical (unpaired) electrons. The minimum atomic E-state index is -4.52. The first-order chi connectivity index (χ1) is 6.45. The molecule has 0 fully saturated rings. The van der Waals surface area contributed by atoms with Gasteiger partial charge in [-0.25, -0.2) is 9.37 Å². The van der Waals surface area contributed by atoms with E-state index in [1.807, 2.05) is 0 Å². The minimum Gasteiger partial charge on any atom is -0.321 e. The molecule has 1 heterocycles. The monoisotopic (exact) mass is 208 g/mol. The quantitative estimate of drug-likeness (QED) is 0.755. The third kappa shape index (κ3) is 2.41. The van der Waals surface area contributed by atoms with Gasteiger partial charge >= 0.3 is 6.18 Å². The Morgan fingerprint density at radius 3 is 2.50 bits per heavy atom. The van der Waals surface area contributed by atoms with E-state index in [2.05, 4.69) is 4.98 Å². The molecule has 0 aromatic carbocycles. The topological polar surface area (TPSA) is 38.9 Å². The van der Waals surface area contributed by atoms with Gasteiger partial charge in [0.05, 0.1) is 11.7 Å². The number of nitrogens with two attached hydrogens (primary N) is 1. The summed E-state index contributed by atoms with van der Waals surface area (Å²) >= 11 is 0. The molecule has 14 heavy (non-hydrogen) atoms. The first kappa shape index (κ1) is 10.9. The Kier molecular flexibility index (Phi) is 3.05. The molecule has 1 atom stereocenters. The number of pyridine rings is 1. The van der Waals surface area contributed by atoms with Crippen LogP contribution in [0, 0.1) is 0 Å². The molecule has 0 aliphatic rings. The number of halogens is 4. The van der Waals surface area contributed by atoms with Crippen molar-refractivity contribution in [2.24, 2.45) is 5.73 Å². The smallest absolute Gasteiger partial charge is 0.321 e. The Bertz CT molecular complexity index is 310. The van der Waals surface area contributed by atoms with Crippen molar-refractivity contribution >= 4 is 0 Å². The van der Waals surface area contributed by atoms with Crippen molar-refractivity contribution < 1.29 is 17.6 Å². The maximum absolute atomic E-state index is 12.1. The second-order valence-corrected chi connectivity index (χ2v) is 2.71. The lowest BCUT2D eigenvalue weighted by Gasteiger charge is -2.10. The summed E-state index contributed by atoms with van der Waals surface area (Å²) < 4.78 is 48.5. The zero-order valence-corrected chi connectivity index (χ0v) is 7.05. The second kappa shape index (κ2) is 3.91. The highest BCUT2D eigenvalue weighted by atomic mass is 19.4. The van der Waals surface area contributed by atoms with Gasteiger partial charge in [-0.1, -0.05) is 6.07 Å². The molecule has 6 heteroatoms. The minimum absolute atomic E-state index is 0.0951. The van der Waals surface area contributed by atoms with Crippen LogP contribution in [0.4, 0.5) is 17.6 Å². The number of nitrogens with zero attached hydrogens (tertiary/aromatic N) is 1. The Morgan fingerprint density at radius 2 is 2.00 bits per heavy atom. The van der Waals surface area contributed by atoms with Gasteiger partial charge in [0.1, 0.15) is 12.4 Å². The molecule has 2 nitrogen and oxygen atoms in total. The van der Waals surface area contributed by atoms with Gasteiger partial charge in [0, 0.05) is 0 Å². The zero-order chi connectivity index (χ0) is 10.8. The summed E-state index contributed by atoms with van der Waals surface area (Å²) in [5.41, 5.74) is 4.05. The fraction of sp³-hybridized carbons (Fsp3) is 0.375. The average molecular weight is 208 g/mol. The van der Waals surface area contributed by atoms with Crippen molar-refractivity contribution in [3.63, 3.8) is 0 Å². The van der Waals surface area contributed by atoms with Gasteiger partial charge in [-0.05, 0) is 12.1 Å². The molecular formula is C8H8F4N2. The molecule has 0 saturated carbocycles. The van der Waals surface area contributed by atoms with Crippen LogP contribution in [0.2, 0.25) is 0 Å². The average Bonchev–Trinajstić information content (AvgIpc) is 2.15. The second-order valence-electron chi connectivity index (χ2n) is 2.71. The van der Waals surface area contributed by atoms with Crippen LogP contribution in [-0.2, 0) is 6.18 Å². The highest BCUT2D eigenvalue weighted by Crippen LogP contribution is 2.27. The van der Waals surface area contributed by atoms with E-state index in [1.165, 1.54) is 6.07 Å². The van der Waals surface area contributed by atoms with E-state index >= 15 is 0 Å². The lowest BCUT2D eigenvalue weighted by molar-refractivity contribution is -0.141. The predicted molar refractivity (Wildman–Crippen MR) is 42.1 cm³/mol. The lowest BCUT2D eigenvalue weighted by atomic mass is 10.2. The van der Waals surface area contributed by atoms with E-state index in [0.29, 0.717) is 0 Å². The highest BCUT2D eigenvalue weighted by Gasteiger charge is 2.32. The van der Waals surface area contributed by atoms with Gasteiger partial charge in [-0.2, -0.15) is 13.2 Å². The van der Waals surface area contributed by atoms with Gasteiger partial charge in [-0.15, -0.1) is 0 Å². The fourth-order valence-electron chi connectivity index (χ4n) is 0.895. The van der Waals surface area contributed by atoms with Gasteiger partial charge < -0.3 is 5.73 Å². The normalized spacial score (nSPS) is 14.1. The van der Waals surface area contributed by atoms with E-state index in [1.54, 1.807) is 0 Å². The maximum atomic E-state index is 12.1. The van der Waals surface area contributed by atoms with Gasteiger partial charge in [0.15, 0.2) is 0 Å². The maximum Gasteiger partial charge on any atom is 0.433 e. The number of rotatable bonds is 2. The lowest BCUT2D eigenvalue weighted by Crippen LogP contribution is -2.17. The van der Waals surface area contributed by atoms with Crippen molar-refractivity contribution in [2.75, 3.05) is 6.67 Å². The van der Waals surface area contributed by atoms with Gasteiger partial charge in [-0.3, -0.25) is 0 Å². The molecule has 1 aromatic heterocycles. The summed E-state index contributed by atoms with van der Waals surface area (Å²) in [5, 5.41) is 0. The molecule has 78 valence electrons. The third-order valence-electron chi connectivity index (χ3n) is 1.61. The molecule has 1 unspecified atom stereocenters. The number of hydrogen-bond acceptors (Lipinski definition) is 2. The predicted octanol–water partition coefficient (Wildman–Crippen LogP) is 2.07. The molecular weight excluding hydrogens is 200 g/mol. The van der Waals surface area contributed by atoms with Crippen molar-refractivity contribution in [1.82, 2.24) is 4.98 Å². The van der Waals surface area contributed by atoms with Gasteiger partial charge in [0.25, 0.3) is 0 Å². The van der Waals surface area contributed by atoms with Crippen molar-refractivity contribution in [3.05, 3.63) is 29.6 Å². The molecule has 1 rings (SSSR count). The number of alkyl halides is 4. The highest BCUT2D eigenvalue weighted by molar-refractivity contribution is 5.16. The van der Waals surface area contributed by atoms with Crippen LogP contribution < -0.4 is 5.73 Å². The molecule has 0 aliphatic heterocycles. The summed E-state index contributed by atoms with van der Waals surface area (Å²) in [7, 11) is 0. The van der Waals surface area contributed by atoms with Crippen LogP contribution in [0.3, 0.4) is 0 Å². The summed E-state index contributed by atoms with van der Waals surface area (Å²) in [6, 6.07) is 2.13. The first-order valence-electron chi connectivity index (χ1n) is 3.81. The molecule has 0 spiro atoms. The van der Waals surface area contributed by atoms with E-state index in [9.17, 15) is 17.6 Å². The molecule has 2 N–H and O–H groups in total. The molecule has 0 amide bonds. The Balaban J connectivity index is 3.01. The molecule has 0 saturated heterocycles. The Morgan fingerprint density at radius 1 is 1.36 bits per heavy atom. The van der Waals surface area contributed by atoms with Crippen LogP contribution in [0.25, 0.3) is 0 Å². The standard InChI is InChI=1S/C8H8F4N2/c9-4-5(13)6-2-1-3-7(14-6)8(10,11)12/h1-3,5H,4,13H2. The number of aromatic nitrogens is 1. The van der Waals surface area contributed by atoms with Crippen LogP contribution in [0.1, 0.15) is 17.4 Å². The SMILES string of the molecule is NC(CF)c1cccc(C(F)(F)F)n1. The summed E-state index contributed by atoms with van der Waals surface area (Å²) in [6.07, 6.45) is -4.52. The van der Waals surface area contributed by atoms with Crippen molar-refractivity contribution in [1.29, 1.82) is 0 Å². The van der Waals surface area contributed by atoms with E-state index in [-0.39, 0.29) is 5.69 Å². The van der Waals surface area contributed by atoms with Gasteiger partial charge in [0.2, 0.25) is 0 Å². The number of hydrogen-bond donors (Lipinski definition) is 1. The van der Waals surface area contributed by atoms with E-state index in [0.717, 1.165) is 12.1 Å².